The fraction of sp³-hybridized carbons (Fsp3) is 0.438. The molecule has 1 spiro atoms. The summed E-state index contributed by atoms with van der Waals surface area (Å²) in [7, 11) is 1.16. The Labute approximate surface area is 253 Å². The number of esters is 1. The van der Waals surface area contributed by atoms with Gasteiger partial charge in [0, 0.05) is 41.5 Å². The smallest absolute Gasteiger partial charge is 0.313 e. The van der Waals surface area contributed by atoms with Crippen LogP contribution < -0.4 is 15.4 Å². The van der Waals surface area contributed by atoms with Gasteiger partial charge in [-0.3, -0.25) is 19.2 Å². The first-order valence-electron chi connectivity index (χ1n) is 14.2. The van der Waals surface area contributed by atoms with Gasteiger partial charge < -0.3 is 25.0 Å². The number of halogens is 3. The molecule has 1 atom stereocenters. The van der Waals surface area contributed by atoms with Gasteiger partial charge in [0.05, 0.1) is 19.6 Å². The lowest BCUT2D eigenvalue weighted by Gasteiger charge is -2.33. The number of allylic oxidation sites excluding steroid dienone is 2. The molecular formula is C32H36F3N3O6. The van der Waals surface area contributed by atoms with Crippen molar-refractivity contribution in [3.05, 3.63) is 70.7 Å². The fourth-order valence-corrected chi connectivity index (χ4v) is 5.28. The van der Waals surface area contributed by atoms with Crippen LogP contribution in [0.15, 0.2) is 42.1 Å². The summed E-state index contributed by atoms with van der Waals surface area (Å²) in [4.78, 5) is 52.4. The van der Waals surface area contributed by atoms with Crippen LogP contribution in [0.3, 0.4) is 0 Å². The van der Waals surface area contributed by atoms with Gasteiger partial charge in [-0.15, -0.1) is 0 Å². The standard InChI is InChI=1S/C32H36F3N3O6/c1-18-20(33)14-21(34)27(35)28(18)44-17-24(39)23(15-26(40)43-5)36-25-16-32(25)10-12-38(13-11-32)30(42)29(41)37-22-9-7-6-8-19(22)31(2,3)4/h6-9,14,16,23,36H,10-13,15,17H2,1-5H3,(H,37,41)/t23-/m0/s1. The Bertz CT molecular complexity index is 1480. The molecule has 1 heterocycles. The second-order valence-corrected chi connectivity index (χ2v) is 12.1. The van der Waals surface area contributed by atoms with Gasteiger partial charge in [-0.25, -0.2) is 8.78 Å². The molecule has 236 valence electrons. The first-order valence-corrected chi connectivity index (χ1v) is 14.2. The zero-order valence-electron chi connectivity index (χ0n) is 25.3. The zero-order chi connectivity index (χ0) is 32.4. The number of methoxy groups -OCH3 is 1. The number of nitrogens with zero attached hydrogens (tertiary/aromatic N) is 1. The molecule has 9 nitrogen and oxygen atoms in total. The number of hydrogen-bond donors (Lipinski definition) is 2. The molecule has 0 radical (unpaired) electrons. The van der Waals surface area contributed by atoms with Crippen LogP contribution in [0.25, 0.3) is 0 Å². The highest BCUT2D eigenvalue weighted by Gasteiger charge is 2.48. The van der Waals surface area contributed by atoms with Crippen molar-refractivity contribution in [2.75, 3.05) is 32.1 Å². The van der Waals surface area contributed by atoms with Crippen molar-refractivity contribution in [3.63, 3.8) is 0 Å². The van der Waals surface area contributed by atoms with E-state index in [1.807, 2.05) is 39.0 Å². The van der Waals surface area contributed by atoms with Crippen LogP contribution in [0.1, 0.15) is 51.2 Å². The van der Waals surface area contributed by atoms with Crippen molar-refractivity contribution >= 4 is 29.3 Å². The maximum atomic E-state index is 14.2. The van der Waals surface area contributed by atoms with E-state index in [2.05, 4.69) is 10.6 Å². The van der Waals surface area contributed by atoms with Crippen LogP contribution in [-0.4, -0.2) is 61.3 Å². The maximum Gasteiger partial charge on any atom is 0.313 e. The molecule has 0 bridgehead atoms. The number of ketones is 1. The van der Waals surface area contributed by atoms with Gasteiger partial charge in [0.15, 0.2) is 17.3 Å². The van der Waals surface area contributed by atoms with Crippen LogP contribution in [-0.2, 0) is 29.3 Å². The van der Waals surface area contributed by atoms with E-state index in [4.69, 9.17) is 9.47 Å². The van der Waals surface area contributed by atoms with Gasteiger partial charge in [0.1, 0.15) is 12.4 Å². The molecule has 1 saturated heterocycles. The number of amides is 2. The van der Waals surface area contributed by atoms with Crippen LogP contribution in [0.2, 0.25) is 0 Å². The van der Waals surface area contributed by atoms with E-state index < -0.39 is 64.8 Å². The number of hydrogen-bond acceptors (Lipinski definition) is 7. The van der Waals surface area contributed by atoms with E-state index in [-0.39, 0.29) is 30.5 Å². The third kappa shape index (κ3) is 7.06. The van der Waals surface area contributed by atoms with Gasteiger partial charge >= 0.3 is 17.8 Å². The van der Waals surface area contributed by atoms with Gasteiger partial charge in [0.2, 0.25) is 5.82 Å². The number of likely N-dealkylation sites (tertiary alicyclic amines) is 1. The van der Waals surface area contributed by atoms with Crippen LogP contribution in [0.4, 0.5) is 18.9 Å². The summed E-state index contributed by atoms with van der Waals surface area (Å²) in [5, 5.41) is 5.78. The Morgan fingerprint density at radius 1 is 1.05 bits per heavy atom. The fourth-order valence-electron chi connectivity index (χ4n) is 5.28. The Hall–Kier alpha value is -4.35. The molecule has 1 aliphatic carbocycles. The minimum absolute atomic E-state index is 0.239. The third-order valence-corrected chi connectivity index (χ3v) is 8.03. The van der Waals surface area contributed by atoms with Crippen molar-refractivity contribution < 1.29 is 41.8 Å². The summed E-state index contributed by atoms with van der Waals surface area (Å²) < 4.78 is 51.6. The molecule has 0 aromatic heterocycles. The Balaban J connectivity index is 1.35. The quantitative estimate of drug-likeness (QED) is 0.245. The van der Waals surface area contributed by atoms with Crippen molar-refractivity contribution in [2.45, 2.75) is 58.4 Å². The number of para-hydroxylation sites is 1. The third-order valence-electron chi connectivity index (χ3n) is 8.03. The van der Waals surface area contributed by atoms with Gasteiger partial charge in [-0.2, -0.15) is 4.39 Å². The first kappa shape index (κ1) is 32.6. The predicted molar refractivity (Wildman–Crippen MR) is 155 cm³/mol. The number of anilines is 1. The number of carbonyl (C=O) groups excluding carboxylic acids is 4. The van der Waals surface area contributed by atoms with Crippen molar-refractivity contribution in [3.8, 4) is 5.75 Å². The van der Waals surface area contributed by atoms with Gasteiger partial charge in [0.25, 0.3) is 0 Å². The molecule has 2 aliphatic rings. The van der Waals surface area contributed by atoms with Gasteiger partial charge in [-0.05, 0) is 36.8 Å². The highest BCUT2D eigenvalue weighted by Crippen LogP contribution is 2.51. The molecule has 0 unspecified atom stereocenters. The highest BCUT2D eigenvalue weighted by atomic mass is 19.2. The Morgan fingerprint density at radius 2 is 1.70 bits per heavy atom. The minimum atomic E-state index is -1.46. The van der Waals surface area contributed by atoms with Gasteiger partial charge in [-0.1, -0.05) is 45.0 Å². The number of carbonyl (C=O) groups is 4. The predicted octanol–water partition coefficient (Wildman–Crippen LogP) is 4.32. The molecule has 12 heteroatoms. The largest absolute Gasteiger partial charge is 0.482 e. The molecule has 44 heavy (non-hydrogen) atoms. The molecular weight excluding hydrogens is 579 g/mol. The highest BCUT2D eigenvalue weighted by molar-refractivity contribution is 6.39. The molecule has 4 rings (SSSR count). The first-order chi connectivity index (χ1) is 20.7. The number of rotatable bonds is 9. The van der Waals surface area contributed by atoms with E-state index >= 15 is 0 Å². The summed E-state index contributed by atoms with van der Waals surface area (Å²) in [6, 6.07) is 6.59. The molecule has 2 amide bonds. The Morgan fingerprint density at radius 3 is 2.34 bits per heavy atom. The lowest BCUT2D eigenvalue weighted by Crippen LogP contribution is -2.46. The number of nitrogens with one attached hydrogen (secondary N) is 2. The second-order valence-electron chi connectivity index (χ2n) is 12.1. The van der Waals surface area contributed by atoms with Crippen molar-refractivity contribution in [2.24, 2.45) is 5.41 Å². The summed E-state index contributed by atoms with van der Waals surface area (Å²) >= 11 is 0. The van der Waals surface area contributed by atoms with Crippen molar-refractivity contribution in [1.82, 2.24) is 10.2 Å². The lowest BCUT2D eigenvalue weighted by molar-refractivity contribution is -0.144. The monoisotopic (exact) mass is 615 g/mol. The molecule has 1 aliphatic heterocycles. The summed E-state index contributed by atoms with van der Waals surface area (Å²) in [6.45, 7) is 7.05. The summed E-state index contributed by atoms with van der Waals surface area (Å²) in [5.41, 5.74) is 1.17. The number of Topliss-reactive ketones (excluding diaryl/α,β-unsaturated/α-hetero) is 1. The number of piperidine rings is 1. The summed E-state index contributed by atoms with van der Waals surface area (Å²) in [6.07, 6.45) is 2.48. The van der Waals surface area contributed by atoms with Crippen LogP contribution in [0, 0.1) is 29.8 Å². The average Bonchev–Trinajstić information content (AvgIpc) is 3.65. The SMILES string of the molecule is COC(=O)C[C@H](NC1=CC12CCN(C(=O)C(=O)Nc1ccccc1C(C)(C)C)CC2)C(=O)COc1c(C)c(F)cc(F)c1F. The summed E-state index contributed by atoms with van der Waals surface area (Å²) in [5.74, 6) is -7.37. The zero-order valence-corrected chi connectivity index (χ0v) is 25.3. The normalized spacial score (nSPS) is 16.1. The molecule has 2 aromatic carbocycles. The van der Waals surface area contributed by atoms with E-state index in [1.165, 1.54) is 11.8 Å². The van der Waals surface area contributed by atoms with E-state index in [0.29, 0.717) is 30.3 Å². The topological polar surface area (TPSA) is 114 Å². The molecule has 2 N–H and O–H groups in total. The molecule has 2 aromatic rings. The molecule has 0 saturated carbocycles. The van der Waals surface area contributed by atoms with Crippen LogP contribution >= 0.6 is 0 Å². The van der Waals surface area contributed by atoms with Crippen molar-refractivity contribution in [1.29, 1.82) is 0 Å². The van der Waals surface area contributed by atoms with Crippen LogP contribution in [0.5, 0.6) is 5.75 Å². The molecule has 1 fully saturated rings. The van der Waals surface area contributed by atoms with E-state index in [9.17, 15) is 32.3 Å². The maximum absolute atomic E-state index is 14.2. The minimum Gasteiger partial charge on any atom is -0.482 e. The number of ether oxygens (including phenoxy) is 2. The average molecular weight is 616 g/mol. The van der Waals surface area contributed by atoms with E-state index in [1.54, 1.807) is 12.1 Å². The lowest BCUT2D eigenvalue weighted by atomic mass is 9.86. The van der Waals surface area contributed by atoms with E-state index in [0.717, 1.165) is 12.7 Å². The second kappa shape index (κ2) is 12.7. The number of benzene rings is 2. The Kier molecular flexibility index (Phi) is 9.41.